The van der Waals surface area contributed by atoms with Gasteiger partial charge in [0.15, 0.2) is 6.10 Å². The number of aliphatic hydroxyl groups is 1. The number of unbranched alkanes of at least 4 members (excludes halogenated alkanes) is 18. The highest BCUT2D eigenvalue weighted by molar-refractivity contribution is 5.70. The molecule has 5 heteroatoms. The van der Waals surface area contributed by atoms with Gasteiger partial charge in [-0.05, 0) is 38.5 Å². The van der Waals surface area contributed by atoms with Crippen LogP contribution in [0.1, 0.15) is 162 Å². The van der Waals surface area contributed by atoms with Crippen LogP contribution < -0.4 is 0 Å². The van der Waals surface area contributed by atoms with Crippen molar-refractivity contribution in [2.75, 3.05) is 13.2 Å². The highest BCUT2D eigenvalue weighted by Crippen LogP contribution is 2.12. The van der Waals surface area contributed by atoms with Gasteiger partial charge in [0.2, 0.25) is 0 Å². The molecule has 0 aliphatic carbocycles. The van der Waals surface area contributed by atoms with Gasteiger partial charge < -0.3 is 14.6 Å². The molecule has 0 amide bonds. The molecule has 0 aliphatic heterocycles. The fourth-order valence-corrected chi connectivity index (χ4v) is 4.37. The lowest BCUT2D eigenvalue weighted by Crippen LogP contribution is -2.28. The van der Waals surface area contributed by atoms with E-state index in [2.05, 4.69) is 26.0 Å². The molecule has 0 aromatic carbocycles. The van der Waals surface area contributed by atoms with Crippen molar-refractivity contribution in [3.05, 3.63) is 12.2 Å². The normalized spacial score (nSPS) is 12.2. The first-order chi connectivity index (χ1) is 18.1. The van der Waals surface area contributed by atoms with E-state index < -0.39 is 6.10 Å². The van der Waals surface area contributed by atoms with Crippen molar-refractivity contribution in [3.8, 4) is 0 Å². The van der Waals surface area contributed by atoms with Gasteiger partial charge in [-0.25, -0.2) is 0 Å². The van der Waals surface area contributed by atoms with Crippen molar-refractivity contribution in [1.82, 2.24) is 0 Å². The molecule has 37 heavy (non-hydrogen) atoms. The summed E-state index contributed by atoms with van der Waals surface area (Å²) >= 11 is 0. The maximum Gasteiger partial charge on any atom is 0.306 e. The number of hydrogen-bond donors (Lipinski definition) is 1. The molecule has 0 bridgehead atoms. The number of aliphatic hydroxyl groups excluding tert-OH is 1. The van der Waals surface area contributed by atoms with E-state index in [9.17, 15) is 14.7 Å². The summed E-state index contributed by atoms with van der Waals surface area (Å²) in [7, 11) is 0. The van der Waals surface area contributed by atoms with E-state index in [1.165, 1.54) is 89.9 Å². The Kier molecular flexibility index (Phi) is 28.1. The molecule has 1 atom stereocenters. The third kappa shape index (κ3) is 27.5. The molecule has 0 aliphatic rings. The molecular weight excluding hydrogens is 464 g/mol. The summed E-state index contributed by atoms with van der Waals surface area (Å²) in [5.41, 5.74) is 0. The Morgan fingerprint density at radius 1 is 0.595 bits per heavy atom. The fraction of sp³-hybridized carbons (Fsp3) is 0.875. The third-order valence-electron chi connectivity index (χ3n) is 6.81. The van der Waals surface area contributed by atoms with Crippen LogP contribution in [0.15, 0.2) is 12.2 Å². The van der Waals surface area contributed by atoms with Crippen molar-refractivity contribution < 1.29 is 24.2 Å². The van der Waals surface area contributed by atoms with E-state index in [0.29, 0.717) is 12.8 Å². The summed E-state index contributed by atoms with van der Waals surface area (Å²) in [5.74, 6) is -0.603. The SMILES string of the molecule is CCCCCCCC/C=C\CCCCCCCC(=O)OC(CO)COC(=O)CCCCCCCCCC. The summed E-state index contributed by atoms with van der Waals surface area (Å²) in [6.45, 7) is 4.08. The third-order valence-corrected chi connectivity index (χ3v) is 6.81. The quantitative estimate of drug-likeness (QED) is 0.0628. The van der Waals surface area contributed by atoms with Gasteiger partial charge in [-0.2, -0.15) is 0 Å². The zero-order valence-corrected chi connectivity index (χ0v) is 24.5. The van der Waals surface area contributed by atoms with E-state index in [1.54, 1.807) is 0 Å². The smallest absolute Gasteiger partial charge is 0.306 e. The van der Waals surface area contributed by atoms with Crippen LogP contribution in [0.2, 0.25) is 0 Å². The van der Waals surface area contributed by atoms with Crippen LogP contribution >= 0.6 is 0 Å². The Hall–Kier alpha value is -1.36. The molecule has 1 N–H and O–H groups in total. The molecule has 5 nitrogen and oxygen atoms in total. The molecule has 0 aromatic rings. The zero-order chi connectivity index (χ0) is 27.2. The van der Waals surface area contributed by atoms with Crippen molar-refractivity contribution in [3.63, 3.8) is 0 Å². The molecule has 0 spiro atoms. The van der Waals surface area contributed by atoms with Gasteiger partial charge in [0, 0.05) is 12.8 Å². The second-order valence-corrected chi connectivity index (χ2v) is 10.5. The molecule has 0 aromatic heterocycles. The molecule has 1 unspecified atom stereocenters. The molecule has 0 radical (unpaired) electrons. The Morgan fingerprint density at radius 3 is 1.46 bits per heavy atom. The standard InChI is InChI=1S/C32H60O5/c1-3-5-7-9-11-13-14-15-16-17-18-19-21-23-25-27-32(35)37-30(28-33)29-36-31(34)26-24-22-20-12-10-8-6-4-2/h15-16,30,33H,3-14,17-29H2,1-2H3/b16-15-. The summed E-state index contributed by atoms with van der Waals surface area (Å²) in [6, 6.07) is 0. The predicted octanol–water partition coefficient (Wildman–Crippen LogP) is 9.00. The van der Waals surface area contributed by atoms with Crippen LogP contribution in [-0.4, -0.2) is 36.4 Å². The first-order valence-corrected chi connectivity index (χ1v) is 15.7. The lowest BCUT2D eigenvalue weighted by Gasteiger charge is -2.15. The molecule has 218 valence electrons. The Labute approximate surface area is 229 Å². The average molecular weight is 525 g/mol. The number of ether oxygens (including phenoxy) is 2. The Morgan fingerprint density at radius 2 is 1.00 bits per heavy atom. The first kappa shape index (κ1) is 35.6. The van der Waals surface area contributed by atoms with Gasteiger partial charge in [0.05, 0.1) is 6.61 Å². The number of carbonyl (C=O) groups excluding carboxylic acids is 2. The van der Waals surface area contributed by atoms with Gasteiger partial charge >= 0.3 is 11.9 Å². The highest BCUT2D eigenvalue weighted by Gasteiger charge is 2.16. The lowest BCUT2D eigenvalue weighted by molar-refractivity contribution is -0.161. The second-order valence-electron chi connectivity index (χ2n) is 10.5. The number of rotatable bonds is 28. The summed E-state index contributed by atoms with van der Waals surface area (Å²) in [4.78, 5) is 23.9. The second kappa shape index (κ2) is 29.2. The Bertz CT molecular complexity index is 531. The van der Waals surface area contributed by atoms with Gasteiger partial charge in [-0.15, -0.1) is 0 Å². The van der Waals surface area contributed by atoms with Crippen LogP contribution in [0, 0.1) is 0 Å². The molecule has 0 saturated heterocycles. The van der Waals surface area contributed by atoms with Crippen LogP contribution in [0.3, 0.4) is 0 Å². The van der Waals surface area contributed by atoms with Gasteiger partial charge in [-0.1, -0.05) is 122 Å². The number of carbonyl (C=O) groups is 2. The van der Waals surface area contributed by atoms with Gasteiger partial charge in [0.1, 0.15) is 6.61 Å². The van der Waals surface area contributed by atoms with E-state index in [4.69, 9.17) is 9.47 Å². The van der Waals surface area contributed by atoms with E-state index in [0.717, 1.165) is 44.9 Å². The molecule has 0 fully saturated rings. The molecule has 0 saturated carbocycles. The summed E-state index contributed by atoms with van der Waals surface area (Å²) in [6.07, 6.45) is 29.8. The van der Waals surface area contributed by atoms with Crippen LogP contribution in [0.25, 0.3) is 0 Å². The molecule has 0 heterocycles. The first-order valence-electron chi connectivity index (χ1n) is 15.7. The van der Waals surface area contributed by atoms with Crippen LogP contribution in [-0.2, 0) is 19.1 Å². The van der Waals surface area contributed by atoms with Crippen molar-refractivity contribution in [1.29, 1.82) is 0 Å². The minimum absolute atomic E-state index is 0.0650. The molecule has 0 rings (SSSR count). The molecular formula is C32H60O5. The van der Waals surface area contributed by atoms with Crippen molar-refractivity contribution >= 4 is 11.9 Å². The van der Waals surface area contributed by atoms with E-state index >= 15 is 0 Å². The van der Waals surface area contributed by atoms with Crippen molar-refractivity contribution in [2.45, 2.75) is 168 Å². The zero-order valence-electron chi connectivity index (χ0n) is 24.5. The number of hydrogen-bond acceptors (Lipinski definition) is 5. The number of allylic oxidation sites excluding steroid dienone is 2. The maximum atomic E-state index is 12.0. The average Bonchev–Trinajstić information content (AvgIpc) is 2.90. The monoisotopic (exact) mass is 524 g/mol. The summed E-state index contributed by atoms with van der Waals surface area (Å²) < 4.78 is 10.5. The maximum absolute atomic E-state index is 12.0. The lowest BCUT2D eigenvalue weighted by atomic mass is 10.1. The van der Waals surface area contributed by atoms with Crippen LogP contribution in [0.5, 0.6) is 0 Å². The van der Waals surface area contributed by atoms with Gasteiger partial charge in [0.25, 0.3) is 0 Å². The predicted molar refractivity (Wildman–Crippen MR) is 155 cm³/mol. The minimum atomic E-state index is -0.766. The Balaban J connectivity index is 3.58. The van der Waals surface area contributed by atoms with E-state index in [1.807, 2.05) is 0 Å². The minimum Gasteiger partial charge on any atom is -0.462 e. The van der Waals surface area contributed by atoms with Crippen LogP contribution in [0.4, 0.5) is 0 Å². The van der Waals surface area contributed by atoms with E-state index in [-0.39, 0.29) is 25.2 Å². The topological polar surface area (TPSA) is 72.8 Å². The number of esters is 2. The van der Waals surface area contributed by atoms with Crippen molar-refractivity contribution in [2.24, 2.45) is 0 Å². The highest BCUT2D eigenvalue weighted by atomic mass is 16.6. The fourth-order valence-electron chi connectivity index (χ4n) is 4.37. The van der Waals surface area contributed by atoms with Gasteiger partial charge in [-0.3, -0.25) is 9.59 Å². The largest absolute Gasteiger partial charge is 0.462 e. The summed E-state index contributed by atoms with van der Waals surface area (Å²) in [5, 5.41) is 9.45.